The summed E-state index contributed by atoms with van der Waals surface area (Å²) in [5, 5.41) is 0. The predicted octanol–water partition coefficient (Wildman–Crippen LogP) is 2.68. The molecule has 0 aliphatic carbocycles. The van der Waals surface area contributed by atoms with E-state index in [0.717, 1.165) is 36.3 Å². The highest BCUT2D eigenvalue weighted by molar-refractivity contribution is 9.10. The number of likely N-dealkylation sites (tertiary alicyclic amines) is 1. The molecule has 17 heavy (non-hydrogen) atoms. The fourth-order valence-corrected chi connectivity index (χ4v) is 2.76. The molecule has 1 saturated heterocycles. The first-order valence-electron chi connectivity index (χ1n) is 5.81. The van der Waals surface area contributed by atoms with Gasteiger partial charge in [0.25, 0.3) is 0 Å². The zero-order valence-corrected chi connectivity index (χ0v) is 11.9. The molecule has 1 aromatic carbocycles. The highest BCUT2D eigenvalue weighted by atomic mass is 79.9. The largest absolute Gasteiger partial charge is 0.496 e. The van der Waals surface area contributed by atoms with E-state index in [9.17, 15) is 0 Å². The van der Waals surface area contributed by atoms with Gasteiger partial charge in [0.2, 0.25) is 0 Å². The van der Waals surface area contributed by atoms with Gasteiger partial charge in [0, 0.05) is 26.7 Å². The van der Waals surface area contributed by atoms with Crippen LogP contribution in [0.15, 0.2) is 22.7 Å². The lowest BCUT2D eigenvalue weighted by atomic mass is 10.2. The fourth-order valence-electron chi connectivity index (χ4n) is 2.21. The zero-order valence-electron chi connectivity index (χ0n) is 10.3. The van der Waals surface area contributed by atoms with Crippen molar-refractivity contribution in [2.75, 3.05) is 27.3 Å². The van der Waals surface area contributed by atoms with Crippen LogP contribution in [0.3, 0.4) is 0 Å². The number of hydrogen-bond acceptors (Lipinski definition) is 3. The Morgan fingerprint density at radius 2 is 2.24 bits per heavy atom. The van der Waals surface area contributed by atoms with Gasteiger partial charge >= 0.3 is 0 Å². The summed E-state index contributed by atoms with van der Waals surface area (Å²) in [6, 6.07) is 6.13. The Balaban J connectivity index is 2.04. The van der Waals surface area contributed by atoms with Crippen LogP contribution in [0.25, 0.3) is 0 Å². The molecule has 3 nitrogen and oxygen atoms in total. The maximum atomic E-state index is 5.38. The van der Waals surface area contributed by atoms with Crippen molar-refractivity contribution < 1.29 is 9.47 Å². The summed E-state index contributed by atoms with van der Waals surface area (Å²) >= 11 is 3.60. The summed E-state index contributed by atoms with van der Waals surface area (Å²) in [6.07, 6.45) is 1.51. The van der Waals surface area contributed by atoms with Crippen molar-refractivity contribution in [1.82, 2.24) is 4.90 Å². The Morgan fingerprint density at radius 3 is 2.88 bits per heavy atom. The van der Waals surface area contributed by atoms with E-state index in [1.54, 1.807) is 14.2 Å². The Hall–Kier alpha value is -0.580. The molecule has 0 radical (unpaired) electrons. The summed E-state index contributed by atoms with van der Waals surface area (Å²) in [4.78, 5) is 2.41. The second kappa shape index (κ2) is 5.85. The summed E-state index contributed by atoms with van der Waals surface area (Å²) in [6.45, 7) is 3.06. The van der Waals surface area contributed by atoms with Gasteiger partial charge in [-0.3, -0.25) is 4.90 Å². The molecule has 0 unspecified atom stereocenters. The SMILES string of the molecule is COc1cccc(CN2CC[C@H](OC)C2)c1Br. The van der Waals surface area contributed by atoms with Gasteiger partial charge in [-0.1, -0.05) is 12.1 Å². The molecule has 0 saturated carbocycles. The average molecular weight is 300 g/mol. The van der Waals surface area contributed by atoms with E-state index >= 15 is 0 Å². The molecule has 1 aliphatic heterocycles. The number of benzene rings is 1. The molecule has 0 aromatic heterocycles. The maximum Gasteiger partial charge on any atom is 0.133 e. The number of halogens is 1. The lowest BCUT2D eigenvalue weighted by molar-refractivity contribution is 0.107. The molecule has 0 amide bonds. The minimum absolute atomic E-state index is 0.388. The number of hydrogen-bond donors (Lipinski definition) is 0. The van der Waals surface area contributed by atoms with Crippen LogP contribution < -0.4 is 4.74 Å². The van der Waals surface area contributed by atoms with Crippen LogP contribution in [0.1, 0.15) is 12.0 Å². The van der Waals surface area contributed by atoms with E-state index in [4.69, 9.17) is 9.47 Å². The van der Waals surface area contributed by atoms with Gasteiger partial charge in [-0.05, 0) is 34.0 Å². The summed E-state index contributed by atoms with van der Waals surface area (Å²) < 4.78 is 11.7. The van der Waals surface area contributed by atoms with Crippen LogP contribution in [0.4, 0.5) is 0 Å². The lowest BCUT2D eigenvalue weighted by Gasteiger charge is -2.17. The molecule has 1 atom stereocenters. The van der Waals surface area contributed by atoms with Crippen molar-refractivity contribution in [3.63, 3.8) is 0 Å². The van der Waals surface area contributed by atoms with Crippen LogP contribution in [-0.4, -0.2) is 38.3 Å². The first-order valence-corrected chi connectivity index (χ1v) is 6.60. The van der Waals surface area contributed by atoms with E-state index in [2.05, 4.69) is 26.9 Å². The van der Waals surface area contributed by atoms with Gasteiger partial charge < -0.3 is 9.47 Å². The van der Waals surface area contributed by atoms with E-state index in [1.165, 1.54) is 5.56 Å². The van der Waals surface area contributed by atoms with Crippen LogP contribution in [-0.2, 0) is 11.3 Å². The Kier molecular flexibility index (Phi) is 4.42. The average Bonchev–Trinajstić information content (AvgIpc) is 2.79. The van der Waals surface area contributed by atoms with E-state index < -0.39 is 0 Å². The topological polar surface area (TPSA) is 21.7 Å². The van der Waals surface area contributed by atoms with Crippen LogP contribution in [0.2, 0.25) is 0 Å². The molecule has 1 aliphatic rings. The van der Waals surface area contributed by atoms with Crippen LogP contribution in [0, 0.1) is 0 Å². The summed E-state index contributed by atoms with van der Waals surface area (Å²) in [5.41, 5.74) is 1.26. The van der Waals surface area contributed by atoms with Gasteiger partial charge in [0.05, 0.1) is 17.7 Å². The van der Waals surface area contributed by atoms with Gasteiger partial charge in [-0.25, -0.2) is 0 Å². The second-order valence-corrected chi connectivity index (χ2v) is 5.11. The van der Waals surface area contributed by atoms with E-state index in [0.29, 0.717) is 6.10 Å². The third-order valence-electron chi connectivity index (χ3n) is 3.22. The maximum absolute atomic E-state index is 5.38. The number of rotatable bonds is 4. The number of nitrogens with zero attached hydrogens (tertiary/aromatic N) is 1. The molecule has 2 rings (SSSR count). The second-order valence-electron chi connectivity index (χ2n) is 4.31. The molecule has 0 spiro atoms. The van der Waals surface area contributed by atoms with Crippen LogP contribution >= 0.6 is 15.9 Å². The zero-order chi connectivity index (χ0) is 12.3. The molecule has 0 bridgehead atoms. The minimum Gasteiger partial charge on any atom is -0.496 e. The minimum atomic E-state index is 0.388. The van der Waals surface area contributed by atoms with Crippen molar-refractivity contribution in [1.29, 1.82) is 0 Å². The molecule has 0 N–H and O–H groups in total. The Labute approximate surface area is 111 Å². The van der Waals surface area contributed by atoms with Crippen molar-refractivity contribution in [2.24, 2.45) is 0 Å². The molecule has 1 aromatic rings. The van der Waals surface area contributed by atoms with E-state index in [-0.39, 0.29) is 0 Å². The summed E-state index contributed by atoms with van der Waals surface area (Å²) in [5.74, 6) is 0.894. The van der Waals surface area contributed by atoms with Crippen LogP contribution in [0.5, 0.6) is 5.75 Å². The van der Waals surface area contributed by atoms with Crippen molar-refractivity contribution in [2.45, 2.75) is 19.1 Å². The smallest absolute Gasteiger partial charge is 0.133 e. The molecular weight excluding hydrogens is 282 g/mol. The Bertz CT molecular complexity index is 384. The molecule has 4 heteroatoms. The third kappa shape index (κ3) is 3.00. The van der Waals surface area contributed by atoms with Gasteiger partial charge in [-0.15, -0.1) is 0 Å². The highest BCUT2D eigenvalue weighted by Crippen LogP contribution is 2.29. The van der Waals surface area contributed by atoms with Crippen molar-refractivity contribution in [3.05, 3.63) is 28.2 Å². The molecule has 1 heterocycles. The summed E-state index contributed by atoms with van der Waals surface area (Å²) in [7, 11) is 3.48. The first-order chi connectivity index (χ1) is 8.24. The number of methoxy groups -OCH3 is 2. The van der Waals surface area contributed by atoms with Gasteiger partial charge in [-0.2, -0.15) is 0 Å². The third-order valence-corrected chi connectivity index (χ3v) is 4.12. The first kappa shape index (κ1) is 12.9. The van der Waals surface area contributed by atoms with Crippen molar-refractivity contribution >= 4 is 15.9 Å². The molecule has 1 fully saturated rings. The van der Waals surface area contributed by atoms with E-state index in [1.807, 2.05) is 12.1 Å². The monoisotopic (exact) mass is 299 g/mol. The van der Waals surface area contributed by atoms with Gasteiger partial charge in [0.1, 0.15) is 5.75 Å². The highest BCUT2D eigenvalue weighted by Gasteiger charge is 2.22. The normalized spacial score (nSPS) is 20.8. The predicted molar refractivity (Wildman–Crippen MR) is 71.4 cm³/mol. The standard InChI is InChI=1S/C13H18BrNO2/c1-16-11-6-7-15(9-11)8-10-4-3-5-12(17-2)13(10)14/h3-5,11H,6-9H2,1-2H3/t11-/m0/s1. The fraction of sp³-hybridized carbons (Fsp3) is 0.538. The van der Waals surface area contributed by atoms with Crippen molar-refractivity contribution in [3.8, 4) is 5.75 Å². The quantitative estimate of drug-likeness (QED) is 0.853. The van der Waals surface area contributed by atoms with Gasteiger partial charge in [0.15, 0.2) is 0 Å². The Morgan fingerprint density at radius 1 is 1.41 bits per heavy atom. The molecule has 94 valence electrons. The number of ether oxygens (including phenoxy) is 2. The lowest BCUT2D eigenvalue weighted by Crippen LogP contribution is -2.22. The molecular formula is C13H18BrNO2.